The molecule has 0 heterocycles. The molecular weight excluding hydrogens is 351 g/mol. The molecule has 0 aromatic carbocycles. The number of alkyl halides is 9. The maximum absolute atomic E-state index is 13.1. The predicted octanol–water partition coefficient (Wildman–Crippen LogP) is 4.80. The van der Waals surface area contributed by atoms with Crippen molar-refractivity contribution in [2.24, 2.45) is 0 Å². The van der Waals surface area contributed by atoms with Crippen LogP contribution in [-0.2, 0) is 9.47 Å². The van der Waals surface area contributed by atoms with Gasteiger partial charge in [-0.1, -0.05) is 0 Å². The zero-order valence-electron chi connectivity index (χ0n) is 12.0. The molecule has 0 unspecified atom stereocenters. The second-order valence-corrected chi connectivity index (χ2v) is 5.41. The van der Waals surface area contributed by atoms with Crippen LogP contribution in [0.15, 0.2) is 0 Å². The van der Waals surface area contributed by atoms with Crippen molar-refractivity contribution in [3.05, 3.63) is 0 Å². The molecule has 0 atom stereocenters. The van der Waals surface area contributed by atoms with Crippen molar-refractivity contribution >= 4 is 6.16 Å². The molecule has 0 saturated carbocycles. The first-order valence-corrected chi connectivity index (χ1v) is 5.91. The largest absolute Gasteiger partial charge is 0.508 e. The Hall–Kier alpha value is -1.36. The minimum absolute atomic E-state index is 1.12. The van der Waals surface area contributed by atoms with Crippen LogP contribution in [0.5, 0.6) is 0 Å². The molecule has 0 N–H and O–H groups in total. The Bertz CT molecular complexity index is 423. The summed E-state index contributed by atoms with van der Waals surface area (Å²) in [6.45, 7) is 2.49. The van der Waals surface area contributed by atoms with Gasteiger partial charge in [-0.2, -0.15) is 39.5 Å². The molecule has 0 spiro atoms. The molecule has 12 heteroatoms. The second-order valence-electron chi connectivity index (χ2n) is 5.41. The summed E-state index contributed by atoms with van der Waals surface area (Å²) in [6, 6.07) is 0. The summed E-state index contributed by atoms with van der Waals surface area (Å²) in [5.41, 5.74) is -1.12. The summed E-state index contributed by atoms with van der Waals surface area (Å²) in [4.78, 5) is 10.9. The van der Waals surface area contributed by atoms with E-state index >= 15 is 0 Å². The molecule has 138 valence electrons. The monoisotopic (exact) mass is 364 g/mol. The van der Waals surface area contributed by atoms with Gasteiger partial charge in [-0.3, -0.25) is 0 Å². The Balaban J connectivity index is 4.91. The summed E-state index contributed by atoms with van der Waals surface area (Å²) in [5, 5.41) is 0. The van der Waals surface area contributed by atoms with Gasteiger partial charge in [-0.05, 0) is 20.8 Å². The third-order valence-electron chi connectivity index (χ3n) is 2.24. The van der Waals surface area contributed by atoms with E-state index in [1.54, 1.807) is 0 Å². The van der Waals surface area contributed by atoms with E-state index in [2.05, 4.69) is 9.47 Å². The molecule has 0 aliphatic rings. The van der Waals surface area contributed by atoms with Gasteiger partial charge in [0.25, 0.3) is 0 Å². The Morgan fingerprint density at radius 2 is 1.26 bits per heavy atom. The minimum atomic E-state index is -6.96. The van der Waals surface area contributed by atoms with Crippen LogP contribution in [0.4, 0.5) is 44.3 Å². The molecule has 0 radical (unpaired) electrons. The molecule has 0 fully saturated rings. The Labute approximate surface area is 124 Å². The van der Waals surface area contributed by atoms with Gasteiger partial charge < -0.3 is 9.47 Å². The Kier molecular flexibility index (Phi) is 5.90. The van der Waals surface area contributed by atoms with E-state index in [1.807, 2.05) is 0 Å². The number of halogens is 9. The summed E-state index contributed by atoms with van der Waals surface area (Å²) in [7, 11) is 0. The van der Waals surface area contributed by atoms with Gasteiger partial charge in [0.1, 0.15) is 12.2 Å². The van der Waals surface area contributed by atoms with E-state index in [4.69, 9.17) is 0 Å². The minimum Gasteiger partial charge on any atom is -0.434 e. The molecule has 23 heavy (non-hydrogen) atoms. The normalized spacial score (nSPS) is 14.6. The lowest BCUT2D eigenvalue weighted by molar-refractivity contribution is -0.397. The fraction of sp³-hybridized carbons (Fsp3) is 0.909. The Morgan fingerprint density at radius 1 is 0.826 bits per heavy atom. The van der Waals surface area contributed by atoms with Gasteiger partial charge in [-0.15, -0.1) is 0 Å². The first-order valence-electron chi connectivity index (χ1n) is 5.91. The highest BCUT2D eigenvalue weighted by atomic mass is 19.4. The maximum atomic E-state index is 13.1. The highest BCUT2D eigenvalue weighted by Gasteiger charge is 2.81. The summed E-state index contributed by atoms with van der Waals surface area (Å²) in [5.74, 6) is -19.5. The molecule has 0 rings (SSSR count). The smallest absolute Gasteiger partial charge is 0.434 e. The molecule has 0 aromatic rings. The molecule has 0 aliphatic carbocycles. The standard InChI is InChI=1S/C11H13F9O3/c1-7(2,3)23-6(21)22-5-4-8(12,13)9(14,15)10(16,17)11(18,19)20/h4-5H2,1-3H3. The fourth-order valence-electron chi connectivity index (χ4n) is 1.11. The van der Waals surface area contributed by atoms with Crippen molar-refractivity contribution in [1.82, 2.24) is 0 Å². The lowest BCUT2D eigenvalue weighted by Crippen LogP contribution is -2.61. The van der Waals surface area contributed by atoms with Gasteiger partial charge in [-0.25, -0.2) is 4.79 Å². The highest BCUT2D eigenvalue weighted by Crippen LogP contribution is 2.53. The maximum Gasteiger partial charge on any atom is 0.508 e. The van der Waals surface area contributed by atoms with Crippen molar-refractivity contribution in [3.8, 4) is 0 Å². The first-order chi connectivity index (χ1) is 9.85. The molecule has 0 aromatic heterocycles. The summed E-state index contributed by atoms with van der Waals surface area (Å²) in [6.07, 6.45) is -10.7. The van der Waals surface area contributed by atoms with Gasteiger partial charge in [0.2, 0.25) is 0 Å². The van der Waals surface area contributed by atoms with Gasteiger partial charge >= 0.3 is 30.1 Å². The number of ether oxygens (including phenoxy) is 2. The topological polar surface area (TPSA) is 35.5 Å². The van der Waals surface area contributed by atoms with Crippen LogP contribution in [0, 0.1) is 0 Å². The van der Waals surface area contributed by atoms with Crippen LogP contribution in [0.1, 0.15) is 27.2 Å². The average molecular weight is 364 g/mol. The lowest BCUT2D eigenvalue weighted by Gasteiger charge is -2.33. The van der Waals surface area contributed by atoms with Crippen molar-refractivity contribution in [2.45, 2.75) is 56.7 Å². The lowest BCUT2D eigenvalue weighted by atomic mass is 10.0. The molecule has 0 bridgehead atoms. The van der Waals surface area contributed by atoms with E-state index in [1.165, 1.54) is 20.8 Å². The highest BCUT2D eigenvalue weighted by molar-refractivity contribution is 5.60. The number of carbonyl (C=O) groups is 1. The van der Waals surface area contributed by atoms with E-state index in [0.717, 1.165) is 0 Å². The average Bonchev–Trinajstić information content (AvgIpc) is 2.23. The van der Waals surface area contributed by atoms with Crippen LogP contribution in [0.2, 0.25) is 0 Å². The third kappa shape index (κ3) is 5.06. The van der Waals surface area contributed by atoms with E-state index in [9.17, 15) is 44.3 Å². The number of carbonyl (C=O) groups excluding carboxylic acids is 1. The quantitative estimate of drug-likeness (QED) is 0.520. The predicted molar refractivity (Wildman–Crippen MR) is 57.7 cm³/mol. The molecule has 0 aliphatic heterocycles. The van der Waals surface area contributed by atoms with Gasteiger partial charge in [0, 0.05) is 0 Å². The van der Waals surface area contributed by atoms with E-state index < -0.39 is 48.7 Å². The van der Waals surface area contributed by atoms with Crippen LogP contribution in [-0.4, -0.2) is 42.3 Å². The Morgan fingerprint density at radius 3 is 1.61 bits per heavy atom. The van der Waals surface area contributed by atoms with Crippen molar-refractivity contribution in [1.29, 1.82) is 0 Å². The van der Waals surface area contributed by atoms with Crippen LogP contribution in [0.3, 0.4) is 0 Å². The first kappa shape index (κ1) is 21.6. The fourth-order valence-corrected chi connectivity index (χ4v) is 1.11. The van der Waals surface area contributed by atoms with Crippen molar-refractivity contribution in [2.75, 3.05) is 6.61 Å². The van der Waals surface area contributed by atoms with Crippen LogP contribution < -0.4 is 0 Å². The molecule has 0 saturated heterocycles. The van der Waals surface area contributed by atoms with Crippen LogP contribution >= 0.6 is 0 Å². The number of hydrogen-bond donors (Lipinski definition) is 0. The second kappa shape index (κ2) is 6.27. The molecular formula is C11H13F9O3. The van der Waals surface area contributed by atoms with Crippen LogP contribution in [0.25, 0.3) is 0 Å². The zero-order valence-corrected chi connectivity index (χ0v) is 12.0. The third-order valence-corrected chi connectivity index (χ3v) is 2.24. The summed E-state index contributed by atoms with van der Waals surface area (Å²) < 4.78 is 121. The van der Waals surface area contributed by atoms with E-state index in [-0.39, 0.29) is 0 Å². The van der Waals surface area contributed by atoms with Crippen molar-refractivity contribution in [3.63, 3.8) is 0 Å². The SMILES string of the molecule is CC(C)(C)OC(=O)OCCC(F)(F)C(F)(F)C(F)(F)C(F)(F)F. The van der Waals surface area contributed by atoms with Gasteiger partial charge in [0.15, 0.2) is 0 Å². The molecule has 3 nitrogen and oxygen atoms in total. The number of hydrogen-bond acceptors (Lipinski definition) is 3. The van der Waals surface area contributed by atoms with Gasteiger partial charge in [0.05, 0.1) is 6.42 Å². The number of rotatable bonds is 5. The van der Waals surface area contributed by atoms with E-state index in [0.29, 0.717) is 0 Å². The summed E-state index contributed by atoms with van der Waals surface area (Å²) >= 11 is 0. The molecule has 0 amide bonds. The zero-order chi connectivity index (χ0) is 18.9. The van der Waals surface area contributed by atoms with Crippen molar-refractivity contribution < 1.29 is 53.8 Å².